The number of amides is 2. The maximum absolute atomic E-state index is 11.0. The SMILES string of the molecule is C=CC(=O)NCCOCCC(C)(C)[OH+]CCNC(=O)C=C. The monoisotopic (exact) mass is 299 g/mol. The Bertz CT molecular complexity index is 354. The van der Waals surface area contributed by atoms with Gasteiger partial charge in [0.05, 0.1) is 19.8 Å². The molecule has 6 heteroatoms. The molecule has 0 aromatic heterocycles. The Morgan fingerprint density at radius 3 is 2.24 bits per heavy atom. The smallest absolute Gasteiger partial charge is 0.243 e. The van der Waals surface area contributed by atoms with Gasteiger partial charge in [-0.3, -0.25) is 9.59 Å². The fourth-order valence-electron chi connectivity index (χ4n) is 1.43. The highest BCUT2D eigenvalue weighted by molar-refractivity contribution is 5.87. The van der Waals surface area contributed by atoms with Crippen molar-refractivity contribution in [3.05, 3.63) is 25.3 Å². The molecule has 0 fully saturated rings. The van der Waals surface area contributed by atoms with Crippen molar-refractivity contribution in [2.24, 2.45) is 0 Å². The molecule has 3 N–H and O–H groups in total. The second-order valence-corrected chi connectivity index (χ2v) is 5.05. The summed E-state index contributed by atoms with van der Waals surface area (Å²) in [6.45, 7) is 13.3. The minimum Gasteiger partial charge on any atom is -0.428 e. The fraction of sp³-hybridized carbons (Fsp3) is 0.600. The van der Waals surface area contributed by atoms with E-state index in [1.165, 1.54) is 12.2 Å². The summed E-state index contributed by atoms with van der Waals surface area (Å²) in [5.41, 5.74) is -0.205. The quantitative estimate of drug-likeness (QED) is 0.309. The summed E-state index contributed by atoms with van der Waals surface area (Å²) in [6, 6.07) is 0. The van der Waals surface area contributed by atoms with Gasteiger partial charge in [0.25, 0.3) is 0 Å². The molecule has 0 heterocycles. The minimum absolute atomic E-state index is 0.187. The van der Waals surface area contributed by atoms with Crippen LogP contribution in [-0.2, 0) is 14.3 Å². The van der Waals surface area contributed by atoms with Crippen LogP contribution in [0, 0.1) is 0 Å². The van der Waals surface area contributed by atoms with Crippen molar-refractivity contribution >= 4 is 11.8 Å². The van der Waals surface area contributed by atoms with E-state index in [4.69, 9.17) is 4.74 Å². The molecule has 0 bridgehead atoms. The van der Waals surface area contributed by atoms with Crippen LogP contribution in [0.3, 0.4) is 0 Å². The zero-order chi connectivity index (χ0) is 16.1. The fourth-order valence-corrected chi connectivity index (χ4v) is 1.43. The number of carbonyl (C=O) groups excluding carboxylic acids is 2. The van der Waals surface area contributed by atoms with E-state index < -0.39 is 0 Å². The first-order valence-corrected chi connectivity index (χ1v) is 6.98. The maximum atomic E-state index is 11.0. The lowest BCUT2D eigenvalue weighted by molar-refractivity contribution is -0.170. The highest BCUT2D eigenvalue weighted by atomic mass is 16.5. The van der Waals surface area contributed by atoms with E-state index in [2.05, 4.69) is 28.5 Å². The number of hydrogen-bond acceptors (Lipinski definition) is 3. The van der Waals surface area contributed by atoms with Crippen LogP contribution in [0.15, 0.2) is 25.3 Å². The molecule has 0 aliphatic rings. The van der Waals surface area contributed by atoms with Gasteiger partial charge in [-0.1, -0.05) is 13.2 Å². The highest BCUT2D eigenvalue weighted by Gasteiger charge is 2.23. The van der Waals surface area contributed by atoms with Crippen molar-refractivity contribution in [3.63, 3.8) is 0 Å². The Kier molecular flexibility index (Phi) is 10.2. The van der Waals surface area contributed by atoms with Crippen LogP contribution in [0.5, 0.6) is 0 Å². The lowest BCUT2D eigenvalue weighted by Gasteiger charge is -2.21. The van der Waals surface area contributed by atoms with Gasteiger partial charge in [-0.15, -0.1) is 0 Å². The Morgan fingerprint density at radius 2 is 1.67 bits per heavy atom. The van der Waals surface area contributed by atoms with Crippen LogP contribution in [-0.4, -0.2) is 55.1 Å². The van der Waals surface area contributed by atoms with Gasteiger partial charge in [0, 0.05) is 26.8 Å². The number of nitrogens with one attached hydrogen (secondary N) is 2. The van der Waals surface area contributed by atoms with Gasteiger partial charge in [-0.25, -0.2) is 0 Å². The largest absolute Gasteiger partial charge is 0.428 e. The first-order chi connectivity index (χ1) is 9.91. The molecule has 0 saturated carbocycles. The number of rotatable bonds is 12. The molecular formula is C15H27N2O4+. The predicted octanol–water partition coefficient (Wildman–Crippen LogP) is 0.304. The summed E-state index contributed by atoms with van der Waals surface area (Å²) in [6.07, 6.45) is 3.25. The van der Waals surface area contributed by atoms with Crippen LogP contribution in [0.2, 0.25) is 0 Å². The molecule has 0 spiro atoms. The first kappa shape index (κ1) is 19.3. The third-order valence-electron chi connectivity index (χ3n) is 2.73. The van der Waals surface area contributed by atoms with E-state index in [9.17, 15) is 9.59 Å². The average Bonchev–Trinajstić information content (AvgIpc) is 2.46. The zero-order valence-corrected chi connectivity index (χ0v) is 13.0. The molecule has 0 rings (SSSR count). The van der Waals surface area contributed by atoms with Crippen LogP contribution in [0.1, 0.15) is 20.3 Å². The summed E-state index contributed by atoms with van der Waals surface area (Å²) < 4.78 is 9.94. The topological polar surface area (TPSA) is 80.2 Å². The Morgan fingerprint density at radius 1 is 1.10 bits per heavy atom. The summed E-state index contributed by atoms with van der Waals surface area (Å²) in [4.78, 5) is 21.8. The van der Waals surface area contributed by atoms with Crippen molar-refractivity contribution < 1.29 is 19.1 Å². The van der Waals surface area contributed by atoms with Gasteiger partial charge in [0.15, 0.2) is 12.2 Å². The van der Waals surface area contributed by atoms with E-state index in [0.29, 0.717) is 32.9 Å². The average molecular weight is 299 g/mol. The summed E-state index contributed by atoms with van der Waals surface area (Å²) in [7, 11) is 0. The summed E-state index contributed by atoms with van der Waals surface area (Å²) >= 11 is 0. The van der Waals surface area contributed by atoms with E-state index in [1.807, 2.05) is 13.8 Å². The molecule has 0 saturated heterocycles. The number of aliphatic hydroxyl groups is 2. The standard InChI is InChI=1S/C15H26N2O4/c1-5-13(18)16-8-11-20-10-7-15(3,4)21-12-9-17-14(19)6-2/h5-6H,1-2,7-12H2,3-4H3,(H,16,18)(H,17,19)/p+1. The normalized spacial score (nSPS) is 10.8. The summed E-state index contributed by atoms with van der Waals surface area (Å²) in [5, 5.41) is 5.31. The number of carbonyl (C=O) groups is 2. The molecule has 0 aromatic carbocycles. The Hall–Kier alpha value is -1.66. The Balaban J connectivity index is 3.58. The highest BCUT2D eigenvalue weighted by Crippen LogP contribution is 2.11. The molecule has 0 aromatic rings. The third kappa shape index (κ3) is 11.8. The predicted molar refractivity (Wildman–Crippen MR) is 83.0 cm³/mol. The second-order valence-electron chi connectivity index (χ2n) is 5.05. The molecule has 0 radical (unpaired) electrons. The van der Waals surface area contributed by atoms with E-state index in [-0.39, 0.29) is 17.4 Å². The molecule has 120 valence electrons. The van der Waals surface area contributed by atoms with Crippen LogP contribution in [0.4, 0.5) is 0 Å². The van der Waals surface area contributed by atoms with E-state index in [1.54, 1.807) is 0 Å². The van der Waals surface area contributed by atoms with E-state index in [0.717, 1.165) is 6.42 Å². The maximum Gasteiger partial charge on any atom is 0.243 e. The van der Waals surface area contributed by atoms with Crippen LogP contribution >= 0.6 is 0 Å². The van der Waals surface area contributed by atoms with Crippen molar-refractivity contribution in [2.75, 3.05) is 32.9 Å². The van der Waals surface area contributed by atoms with Gasteiger partial charge in [0.2, 0.25) is 11.8 Å². The van der Waals surface area contributed by atoms with Crippen molar-refractivity contribution in [2.45, 2.75) is 25.9 Å². The van der Waals surface area contributed by atoms with Gasteiger partial charge in [-0.05, 0) is 12.2 Å². The van der Waals surface area contributed by atoms with Crippen molar-refractivity contribution in [1.82, 2.24) is 10.6 Å². The lowest BCUT2D eigenvalue weighted by Crippen LogP contribution is -2.35. The van der Waals surface area contributed by atoms with Crippen molar-refractivity contribution in [1.29, 1.82) is 0 Å². The Labute approximate surface area is 126 Å². The molecule has 0 unspecified atom stereocenters. The molecule has 21 heavy (non-hydrogen) atoms. The molecule has 0 aliphatic heterocycles. The zero-order valence-electron chi connectivity index (χ0n) is 13.0. The number of hydrogen-bond donors (Lipinski definition) is 2. The molecule has 6 nitrogen and oxygen atoms in total. The van der Waals surface area contributed by atoms with Gasteiger partial charge in [-0.2, -0.15) is 0 Å². The summed E-state index contributed by atoms with van der Waals surface area (Å²) in [5.74, 6) is -0.386. The van der Waals surface area contributed by atoms with Gasteiger partial charge < -0.3 is 20.1 Å². The minimum atomic E-state index is -0.205. The first-order valence-electron chi connectivity index (χ1n) is 6.98. The second kappa shape index (κ2) is 11.0. The third-order valence-corrected chi connectivity index (χ3v) is 2.73. The van der Waals surface area contributed by atoms with Crippen LogP contribution < -0.4 is 10.6 Å². The molecule has 0 atom stereocenters. The van der Waals surface area contributed by atoms with Gasteiger partial charge >= 0.3 is 0 Å². The van der Waals surface area contributed by atoms with Crippen LogP contribution in [0.25, 0.3) is 0 Å². The molecule has 0 aliphatic carbocycles. The number of ether oxygens (including phenoxy) is 2. The molecular weight excluding hydrogens is 272 g/mol. The lowest BCUT2D eigenvalue weighted by atomic mass is 10.1. The van der Waals surface area contributed by atoms with Crippen molar-refractivity contribution in [3.8, 4) is 0 Å². The van der Waals surface area contributed by atoms with E-state index >= 15 is 0 Å². The molecule has 2 amide bonds. The van der Waals surface area contributed by atoms with Gasteiger partial charge in [0.1, 0.15) is 0 Å².